The predicted octanol–water partition coefficient (Wildman–Crippen LogP) is 4.56. The molecular formula is C14H19BrN2. The Morgan fingerprint density at radius 3 is 2.53 bits per heavy atom. The molecule has 1 aromatic carbocycles. The first-order valence-corrected chi connectivity index (χ1v) is 6.78. The van der Waals surface area contributed by atoms with Crippen LogP contribution < -0.4 is 5.32 Å². The Morgan fingerprint density at radius 2 is 2.00 bits per heavy atom. The van der Waals surface area contributed by atoms with Crippen LogP contribution in [0.15, 0.2) is 22.7 Å². The highest BCUT2D eigenvalue weighted by molar-refractivity contribution is 9.10. The maximum absolute atomic E-state index is 8.84. The van der Waals surface area contributed by atoms with Crippen molar-refractivity contribution in [3.8, 4) is 6.07 Å². The van der Waals surface area contributed by atoms with Crippen LogP contribution in [0.1, 0.15) is 39.2 Å². The van der Waals surface area contributed by atoms with Crippen molar-refractivity contribution in [3.63, 3.8) is 0 Å². The van der Waals surface area contributed by atoms with Crippen molar-refractivity contribution >= 4 is 21.6 Å². The highest BCUT2D eigenvalue weighted by atomic mass is 79.9. The highest BCUT2D eigenvalue weighted by Crippen LogP contribution is 2.22. The van der Waals surface area contributed by atoms with Crippen molar-refractivity contribution in [2.24, 2.45) is 5.92 Å². The zero-order chi connectivity index (χ0) is 12.8. The monoisotopic (exact) mass is 294 g/mol. The first-order chi connectivity index (χ1) is 8.02. The molecule has 0 saturated carbocycles. The Bertz CT molecular complexity index is 407. The molecule has 92 valence electrons. The molecule has 0 spiro atoms. The molecule has 0 heterocycles. The lowest BCUT2D eigenvalue weighted by Gasteiger charge is -2.16. The van der Waals surface area contributed by atoms with Gasteiger partial charge in [0.25, 0.3) is 0 Å². The third-order valence-electron chi connectivity index (χ3n) is 2.68. The Kier molecular flexibility index (Phi) is 5.50. The third-order valence-corrected chi connectivity index (χ3v) is 3.34. The molecule has 0 aliphatic heterocycles. The molecule has 17 heavy (non-hydrogen) atoms. The smallest absolute Gasteiger partial charge is 0.100 e. The van der Waals surface area contributed by atoms with E-state index >= 15 is 0 Å². The molecule has 1 N–H and O–H groups in total. The summed E-state index contributed by atoms with van der Waals surface area (Å²) in [6, 6.07) is 8.35. The van der Waals surface area contributed by atoms with E-state index in [4.69, 9.17) is 5.26 Å². The van der Waals surface area contributed by atoms with Gasteiger partial charge in [-0.3, -0.25) is 0 Å². The Labute approximate surface area is 112 Å². The number of rotatable bonds is 5. The van der Waals surface area contributed by atoms with Gasteiger partial charge in [-0.05, 0) is 59.8 Å². The second kappa shape index (κ2) is 6.66. The van der Waals surface area contributed by atoms with Crippen molar-refractivity contribution in [3.05, 3.63) is 28.2 Å². The molecule has 1 unspecified atom stereocenters. The minimum absolute atomic E-state index is 0.456. The van der Waals surface area contributed by atoms with Crippen LogP contribution in [0.4, 0.5) is 5.69 Å². The van der Waals surface area contributed by atoms with E-state index in [1.807, 2.05) is 18.2 Å². The van der Waals surface area contributed by atoms with E-state index < -0.39 is 0 Å². The minimum Gasteiger partial charge on any atom is -0.383 e. The second-order valence-corrected chi connectivity index (χ2v) is 5.68. The molecule has 0 aromatic heterocycles. The largest absolute Gasteiger partial charge is 0.383 e. The van der Waals surface area contributed by atoms with Gasteiger partial charge >= 0.3 is 0 Å². The highest BCUT2D eigenvalue weighted by Gasteiger charge is 2.05. The molecule has 2 nitrogen and oxygen atoms in total. The lowest BCUT2D eigenvalue weighted by atomic mass is 10.0. The maximum atomic E-state index is 8.84. The van der Waals surface area contributed by atoms with Crippen LogP contribution in [-0.2, 0) is 0 Å². The third kappa shape index (κ3) is 4.79. The molecule has 0 bridgehead atoms. The number of halogens is 1. The molecule has 3 heteroatoms. The van der Waals surface area contributed by atoms with Crippen LogP contribution in [-0.4, -0.2) is 6.04 Å². The quantitative estimate of drug-likeness (QED) is 0.864. The average Bonchev–Trinajstić information content (AvgIpc) is 2.26. The summed E-state index contributed by atoms with van der Waals surface area (Å²) < 4.78 is 0.848. The topological polar surface area (TPSA) is 35.8 Å². The van der Waals surface area contributed by atoms with E-state index in [9.17, 15) is 0 Å². The van der Waals surface area contributed by atoms with Crippen molar-refractivity contribution in [1.29, 1.82) is 5.26 Å². The van der Waals surface area contributed by atoms with Crippen molar-refractivity contribution in [2.75, 3.05) is 5.32 Å². The van der Waals surface area contributed by atoms with E-state index in [2.05, 4.69) is 48.1 Å². The van der Waals surface area contributed by atoms with E-state index in [1.165, 1.54) is 6.42 Å². The lowest BCUT2D eigenvalue weighted by Crippen LogP contribution is -2.15. The molecule has 1 aromatic rings. The van der Waals surface area contributed by atoms with Gasteiger partial charge in [0.2, 0.25) is 0 Å². The fourth-order valence-electron chi connectivity index (χ4n) is 1.64. The summed E-state index contributed by atoms with van der Waals surface area (Å²) in [5, 5.41) is 12.3. The predicted molar refractivity (Wildman–Crippen MR) is 76.0 cm³/mol. The summed E-state index contributed by atoms with van der Waals surface area (Å²) in [5.74, 6) is 0.743. The van der Waals surface area contributed by atoms with Crippen molar-refractivity contribution < 1.29 is 0 Å². The molecule has 0 radical (unpaired) electrons. The van der Waals surface area contributed by atoms with E-state index in [0.29, 0.717) is 11.6 Å². The molecule has 0 aliphatic rings. The van der Waals surface area contributed by atoms with Crippen LogP contribution >= 0.6 is 15.9 Å². The fourth-order valence-corrected chi connectivity index (χ4v) is 2.10. The van der Waals surface area contributed by atoms with E-state index in [1.54, 1.807) is 0 Å². The number of anilines is 1. The van der Waals surface area contributed by atoms with Crippen molar-refractivity contribution in [2.45, 2.75) is 39.7 Å². The summed E-state index contributed by atoms with van der Waals surface area (Å²) in [6.07, 6.45) is 2.39. The Balaban J connectivity index is 2.57. The second-order valence-electron chi connectivity index (χ2n) is 4.82. The van der Waals surface area contributed by atoms with Gasteiger partial charge in [0, 0.05) is 16.2 Å². The van der Waals surface area contributed by atoms with Crippen LogP contribution in [0.3, 0.4) is 0 Å². The van der Waals surface area contributed by atoms with Crippen LogP contribution in [0.25, 0.3) is 0 Å². The van der Waals surface area contributed by atoms with Gasteiger partial charge in [0.05, 0.1) is 5.56 Å². The zero-order valence-electron chi connectivity index (χ0n) is 10.6. The number of nitrogens with one attached hydrogen (secondary N) is 1. The van der Waals surface area contributed by atoms with E-state index in [0.717, 1.165) is 22.5 Å². The average molecular weight is 295 g/mol. The number of hydrogen-bond acceptors (Lipinski definition) is 2. The number of nitrogens with zero attached hydrogens (tertiary/aromatic N) is 1. The summed E-state index contributed by atoms with van der Waals surface area (Å²) in [6.45, 7) is 6.67. The molecule has 1 rings (SSSR count). The zero-order valence-corrected chi connectivity index (χ0v) is 12.2. The summed E-state index contributed by atoms with van der Waals surface area (Å²) >= 11 is 3.40. The van der Waals surface area contributed by atoms with E-state index in [-0.39, 0.29) is 0 Å². The first-order valence-electron chi connectivity index (χ1n) is 5.99. The van der Waals surface area contributed by atoms with Crippen LogP contribution in [0.5, 0.6) is 0 Å². The Morgan fingerprint density at radius 1 is 1.29 bits per heavy atom. The molecular weight excluding hydrogens is 276 g/mol. The SMILES string of the molecule is CC(C)CCC(C)Nc1ccc(C#N)c(Br)c1. The normalized spacial score (nSPS) is 12.2. The van der Waals surface area contributed by atoms with Gasteiger partial charge < -0.3 is 5.32 Å². The van der Waals surface area contributed by atoms with Gasteiger partial charge in [0.1, 0.15) is 6.07 Å². The standard InChI is InChI=1S/C14H19BrN2/c1-10(2)4-5-11(3)17-13-7-6-12(9-16)14(15)8-13/h6-8,10-11,17H,4-5H2,1-3H3. The number of benzene rings is 1. The number of nitriles is 1. The van der Waals surface area contributed by atoms with Crippen LogP contribution in [0.2, 0.25) is 0 Å². The van der Waals surface area contributed by atoms with Gasteiger partial charge in [-0.25, -0.2) is 0 Å². The maximum Gasteiger partial charge on any atom is 0.100 e. The molecule has 0 fully saturated rings. The first kappa shape index (κ1) is 14.1. The summed E-state index contributed by atoms with van der Waals surface area (Å²) in [7, 11) is 0. The van der Waals surface area contributed by atoms with Gasteiger partial charge in [-0.1, -0.05) is 13.8 Å². The lowest BCUT2D eigenvalue weighted by molar-refractivity contribution is 0.528. The molecule has 0 aliphatic carbocycles. The molecule has 0 saturated heterocycles. The summed E-state index contributed by atoms with van der Waals surface area (Å²) in [5.41, 5.74) is 1.73. The van der Waals surface area contributed by atoms with Crippen molar-refractivity contribution in [1.82, 2.24) is 0 Å². The number of hydrogen-bond donors (Lipinski definition) is 1. The molecule has 1 atom stereocenters. The fraction of sp³-hybridized carbons (Fsp3) is 0.500. The van der Waals surface area contributed by atoms with Gasteiger partial charge in [0.15, 0.2) is 0 Å². The Hall–Kier alpha value is -1.01. The molecule has 0 amide bonds. The summed E-state index contributed by atoms with van der Waals surface area (Å²) in [4.78, 5) is 0. The van der Waals surface area contributed by atoms with Crippen LogP contribution in [0, 0.1) is 17.2 Å². The van der Waals surface area contributed by atoms with Gasteiger partial charge in [-0.2, -0.15) is 5.26 Å². The van der Waals surface area contributed by atoms with Gasteiger partial charge in [-0.15, -0.1) is 0 Å². The minimum atomic E-state index is 0.456.